The zero-order valence-corrected chi connectivity index (χ0v) is 15.3. The van der Waals surface area contributed by atoms with Gasteiger partial charge in [0.1, 0.15) is 11.5 Å². The summed E-state index contributed by atoms with van der Waals surface area (Å²) in [5.41, 5.74) is 0.511. The minimum atomic E-state index is -0.849. The van der Waals surface area contributed by atoms with E-state index in [1.807, 2.05) is 4.90 Å². The molecule has 0 amide bonds. The summed E-state index contributed by atoms with van der Waals surface area (Å²) in [6.45, 7) is 1.43. The fraction of sp³-hybridized carbons (Fsp3) is 0.222. The Labute approximate surface area is 156 Å². The molecule has 1 saturated heterocycles. The minimum Gasteiger partial charge on any atom is -0.369 e. The molecule has 1 aromatic carbocycles. The number of halogens is 3. The van der Waals surface area contributed by atoms with Crippen molar-refractivity contribution in [1.29, 1.82) is 0 Å². The number of ketones is 1. The van der Waals surface area contributed by atoms with Crippen LogP contribution in [0.25, 0.3) is 11.0 Å². The Morgan fingerprint density at radius 2 is 2.00 bits per heavy atom. The van der Waals surface area contributed by atoms with Crippen molar-refractivity contribution in [1.82, 2.24) is 9.97 Å². The number of benzene rings is 1. The van der Waals surface area contributed by atoms with E-state index < -0.39 is 23.0 Å². The standard InChI is InChI=1S/C18H14F2IN3O/c19-13-3-4-14(24-5-1-2-6-24)16(20)15(13)17(25)12-9-23-18-11(12)7-10(21)8-22-18/h3-4,7-9H,1-2,5-6H2,(H,22,23). The van der Waals surface area contributed by atoms with Gasteiger partial charge in [0.2, 0.25) is 5.78 Å². The Morgan fingerprint density at radius 3 is 2.76 bits per heavy atom. The maximum absolute atomic E-state index is 15.0. The molecule has 4 nitrogen and oxygen atoms in total. The maximum atomic E-state index is 15.0. The third-order valence-corrected chi connectivity index (χ3v) is 5.08. The summed E-state index contributed by atoms with van der Waals surface area (Å²) >= 11 is 2.08. The Kier molecular flexibility index (Phi) is 4.18. The van der Waals surface area contributed by atoms with Gasteiger partial charge in [-0.3, -0.25) is 4.79 Å². The van der Waals surface area contributed by atoms with Crippen molar-refractivity contribution in [3.63, 3.8) is 0 Å². The lowest BCUT2D eigenvalue weighted by Gasteiger charge is -2.19. The van der Waals surface area contributed by atoms with Gasteiger partial charge in [-0.2, -0.15) is 0 Å². The van der Waals surface area contributed by atoms with Crippen LogP contribution in [-0.2, 0) is 0 Å². The topological polar surface area (TPSA) is 49.0 Å². The molecule has 0 radical (unpaired) electrons. The van der Waals surface area contributed by atoms with Crippen molar-refractivity contribution in [3.8, 4) is 0 Å². The Morgan fingerprint density at radius 1 is 1.24 bits per heavy atom. The first-order chi connectivity index (χ1) is 12.1. The predicted octanol–water partition coefficient (Wildman–Crippen LogP) is 4.28. The number of H-pyrrole nitrogens is 1. The van der Waals surface area contributed by atoms with Crippen molar-refractivity contribution in [2.45, 2.75) is 12.8 Å². The second-order valence-corrected chi connectivity index (χ2v) is 7.28. The second kappa shape index (κ2) is 6.36. The second-order valence-electron chi connectivity index (χ2n) is 6.03. The van der Waals surface area contributed by atoms with E-state index in [-0.39, 0.29) is 11.3 Å². The molecule has 1 N–H and O–H groups in total. The summed E-state index contributed by atoms with van der Waals surface area (Å²) in [6.07, 6.45) is 5.04. The lowest BCUT2D eigenvalue weighted by Crippen LogP contribution is -2.21. The molecule has 1 fully saturated rings. The van der Waals surface area contributed by atoms with E-state index in [1.165, 1.54) is 18.3 Å². The summed E-state index contributed by atoms with van der Waals surface area (Å²) < 4.78 is 30.1. The zero-order valence-electron chi connectivity index (χ0n) is 13.2. The van der Waals surface area contributed by atoms with Crippen molar-refractivity contribution in [2.75, 3.05) is 18.0 Å². The van der Waals surface area contributed by atoms with E-state index in [0.717, 1.165) is 16.4 Å². The van der Waals surface area contributed by atoms with E-state index in [1.54, 1.807) is 12.3 Å². The molecule has 3 heterocycles. The lowest BCUT2D eigenvalue weighted by molar-refractivity contribution is 0.103. The van der Waals surface area contributed by atoms with Crippen LogP contribution in [0, 0.1) is 15.2 Å². The third-order valence-electron chi connectivity index (χ3n) is 4.49. The van der Waals surface area contributed by atoms with E-state index in [9.17, 15) is 13.6 Å². The van der Waals surface area contributed by atoms with Crippen molar-refractivity contribution >= 4 is 45.1 Å². The molecule has 4 rings (SSSR count). The highest BCUT2D eigenvalue weighted by atomic mass is 127. The lowest BCUT2D eigenvalue weighted by atomic mass is 10.0. The monoisotopic (exact) mass is 453 g/mol. The maximum Gasteiger partial charge on any atom is 0.201 e. The molecule has 0 spiro atoms. The molecule has 2 aromatic heterocycles. The van der Waals surface area contributed by atoms with Crippen molar-refractivity contribution in [2.24, 2.45) is 0 Å². The van der Waals surface area contributed by atoms with Gasteiger partial charge >= 0.3 is 0 Å². The van der Waals surface area contributed by atoms with E-state index in [2.05, 4.69) is 32.6 Å². The molecule has 1 aliphatic rings. The number of fused-ring (bicyclic) bond motifs is 1. The van der Waals surface area contributed by atoms with Crippen LogP contribution >= 0.6 is 22.6 Å². The van der Waals surface area contributed by atoms with Crippen molar-refractivity contribution < 1.29 is 13.6 Å². The minimum absolute atomic E-state index is 0.220. The average Bonchev–Trinajstić information content (AvgIpc) is 3.24. The summed E-state index contributed by atoms with van der Waals surface area (Å²) in [7, 11) is 0. The summed E-state index contributed by atoms with van der Waals surface area (Å²) in [5.74, 6) is -2.32. The number of rotatable bonds is 3. The molecule has 0 saturated carbocycles. The number of hydrogen-bond donors (Lipinski definition) is 1. The first-order valence-corrected chi connectivity index (χ1v) is 9.04. The Bertz CT molecular complexity index is 980. The third kappa shape index (κ3) is 2.80. The van der Waals surface area contributed by atoms with Crippen LogP contribution < -0.4 is 4.90 Å². The number of anilines is 1. The van der Waals surface area contributed by atoms with Gasteiger partial charge in [0, 0.05) is 40.0 Å². The first kappa shape index (κ1) is 16.4. The molecule has 0 unspecified atom stereocenters. The van der Waals surface area contributed by atoms with Crippen LogP contribution in [0.5, 0.6) is 0 Å². The van der Waals surface area contributed by atoms with Gasteiger partial charge in [0.25, 0.3) is 0 Å². The Hall–Kier alpha value is -2.03. The van der Waals surface area contributed by atoms with Crippen LogP contribution in [0.1, 0.15) is 28.8 Å². The van der Waals surface area contributed by atoms with Gasteiger partial charge in [0.15, 0.2) is 5.82 Å². The average molecular weight is 453 g/mol. The van der Waals surface area contributed by atoms with Crippen molar-refractivity contribution in [3.05, 3.63) is 56.9 Å². The van der Waals surface area contributed by atoms with Crippen LogP contribution in [0.4, 0.5) is 14.5 Å². The molecule has 7 heteroatoms. The number of hydrogen-bond acceptors (Lipinski definition) is 3. The fourth-order valence-corrected chi connectivity index (χ4v) is 3.70. The number of carbonyl (C=O) groups excluding carboxylic acids is 1. The van der Waals surface area contributed by atoms with Crippen LogP contribution in [-0.4, -0.2) is 28.8 Å². The summed E-state index contributed by atoms with van der Waals surface area (Å²) in [6, 6.07) is 4.35. The zero-order chi connectivity index (χ0) is 17.6. The molecule has 0 bridgehead atoms. The number of carbonyl (C=O) groups is 1. The molecular weight excluding hydrogens is 439 g/mol. The van der Waals surface area contributed by atoms with Gasteiger partial charge < -0.3 is 9.88 Å². The summed E-state index contributed by atoms with van der Waals surface area (Å²) in [4.78, 5) is 21.8. The van der Waals surface area contributed by atoms with Gasteiger partial charge in [-0.15, -0.1) is 0 Å². The van der Waals surface area contributed by atoms with E-state index in [4.69, 9.17) is 0 Å². The number of aromatic amines is 1. The molecule has 128 valence electrons. The largest absolute Gasteiger partial charge is 0.369 e. The molecule has 25 heavy (non-hydrogen) atoms. The molecule has 1 aliphatic heterocycles. The van der Waals surface area contributed by atoms with Gasteiger partial charge in [-0.25, -0.2) is 13.8 Å². The number of nitrogens with zero attached hydrogens (tertiary/aromatic N) is 2. The van der Waals surface area contributed by atoms with Crippen LogP contribution in [0.2, 0.25) is 0 Å². The van der Waals surface area contributed by atoms with Crippen LogP contribution in [0.3, 0.4) is 0 Å². The normalized spacial score (nSPS) is 14.4. The quantitative estimate of drug-likeness (QED) is 0.476. The van der Waals surface area contributed by atoms with Crippen LogP contribution in [0.15, 0.2) is 30.6 Å². The SMILES string of the molecule is O=C(c1c(F)ccc(N2CCCC2)c1F)c1c[nH]c2ncc(I)cc12. The fourth-order valence-electron chi connectivity index (χ4n) is 3.25. The highest BCUT2D eigenvalue weighted by Crippen LogP contribution is 2.30. The number of aromatic nitrogens is 2. The molecule has 0 atom stereocenters. The van der Waals surface area contributed by atoms with Gasteiger partial charge in [-0.1, -0.05) is 0 Å². The van der Waals surface area contributed by atoms with E-state index >= 15 is 0 Å². The molecule has 0 aliphatic carbocycles. The smallest absolute Gasteiger partial charge is 0.201 e. The first-order valence-electron chi connectivity index (χ1n) is 7.96. The number of nitrogens with one attached hydrogen (secondary N) is 1. The summed E-state index contributed by atoms with van der Waals surface area (Å²) in [5, 5.41) is 0.558. The highest BCUT2D eigenvalue weighted by Gasteiger charge is 2.27. The number of pyridine rings is 1. The molecule has 3 aromatic rings. The Balaban J connectivity index is 1.84. The highest BCUT2D eigenvalue weighted by molar-refractivity contribution is 14.1. The van der Waals surface area contributed by atoms with E-state index in [0.29, 0.717) is 24.1 Å². The van der Waals surface area contributed by atoms with Gasteiger partial charge in [0.05, 0.1) is 11.3 Å². The predicted molar refractivity (Wildman–Crippen MR) is 100 cm³/mol. The molecular formula is C18H14F2IN3O. The van der Waals surface area contributed by atoms with Gasteiger partial charge in [-0.05, 0) is 53.6 Å².